The Kier molecular flexibility index (Phi) is 7.30. The van der Waals surface area contributed by atoms with Gasteiger partial charge in [0.05, 0.1) is 41.1 Å². The molecule has 5 N–H and O–H groups in total. The molecule has 1 amide bonds. The predicted molar refractivity (Wildman–Crippen MR) is 150 cm³/mol. The maximum atomic E-state index is 13.2. The van der Waals surface area contributed by atoms with Crippen LogP contribution in [-0.2, 0) is 25.1 Å². The summed E-state index contributed by atoms with van der Waals surface area (Å²) in [5, 5.41) is 6.16. The number of nitrogens with two attached hydrogens (primary N) is 1. The fourth-order valence-corrected chi connectivity index (χ4v) is 4.83. The van der Waals surface area contributed by atoms with E-state index in [2.05, 4.69) is 15.4 Å². The van der Waals surface area contributed by atoms with Crippen molar-refractivity contribution in [2.45, 2.75) is 26.3 Å². The lowest BCUT2D eigenvalue weighted by Gasteiger charge is -2.24. The third-order valence-corrected chi connectivity index (χ3v) is 6.46. The van der Waals surface area contributed by atoms with Gasteiger partial charge in [0, 0.05) is 16.8 Å². The number of esters is 1. The first-order chi connectivity index (χ1) is 17.9. The summed E-state index contributed by atoms with van der Waals surface area (Å²) < 4.78 is 31.8. The highest BCUT2D eigenvalue weighted by atomic mass is 32.2. The fraction of sp³-hybridized carbons (Fsp3) is 0.214. The molecule has 4 rings (SSSR count). The van der Waals surface area contributed by atoms with Crippen molar-refractivity contribution < 1.29 is 22.7 Å². The number of fused-ring (bicyclic) bond motifs is 1. The molecule has 0 saturated heterocycles. The Hall–Kier alpha value is -4.15. The molecule has 1 aliphatic rings. The Balaban J connectivity index is 1.85. The summed E-state index contributed by atoms with van der Waals surface area (Å²) in [6, 6.07) is 19.4. The van der Waals surface area contributed by atoms with E-state index in [1.807, 2.05) is 30.3 Å². The first-order valence-electron chi connectivity index (χ1n) is 12.0. The largest absolute Gasteiger partial charge is 0.462 e. The van der Waals surface area contributed by atoms with Crippen molar-refractivity contribution in [2.75, 3.05) is 28.2 Å². The second kappa shape index (κ2) is 10.3. The number of anilines is 3. The molecule has 0 radical (unpaired) electrons. The van der Waals surface area contributed by atoms with E-state index in [1.54, 1.807) is 57.2 Å². The molecular formula is C28H30N4O5S. The molecule has 3 aromatic carbocycles. The van der Waals surface area contributed by atoms with Crippen LogP contribution in [-0.4, -0.2) is 33.2 Å². The van der Waals surface area contributed by atoms with Crippen molar-refractivity contribution in [2.24, 2.45) is 5.73 Å². The molecule has 10 heteroatoms. The zero-order chi connectivity index (χ0) is 27.7. The number of sulfonamides is 1. The number of carbonyl (C=O) groups is 2. The number of ether oxygens (including phenoxy) is 1. The lowest BCUT2D eigenvalue weighted by Crippen LogP contribution is -2.30. The van der Waals surface area contributed by atoms with Gasteiger partial charge in [0.1, 0.15) is 0 Å². The van der Waals surface area contributed by atoms with Gasteiger partial charge in [-0.15, -0.1) is 0 Å². The average molecular weight is 535 g/mol. The van der Waals surface area contributed by atoms with Crippen LogP contribution in [0, 0.1) is 0 Å². The van der Waals surface area contributed by atoms with Crippen LogP contribution < -0.4 is 21.1 Å². The Morgan fingerprint density at radius 2 is 1.74 bits per heavy atom. The molecule has 3 aromatic rings. The molecule has 1 aliphatic heterocycles. The molecule has 0 saturated carbocycles. The summed E-state index contributed by atoms with van der Waals surface area (Å²) in [4.78, 5) is 25.5. The number of carbonyl (C=O) groups excluding carboxylic acids is 2. The van der Waals surface area contributed by atoms with E-state index in [4.69, 9.17) is 10.5 Å². The highest BCUT2D eigenvalue weighted by molar-refractivity contribution is 7.92. The lowest BCUT2D eigenvalue weighted by atomic mass is 9.93. The number of benzene rings is 3. The van der Waals surface area contributed by atoms with Gasteiger partial charge in [0.2, 0.25) is 10.0 Å². The van der Waals surface area contributed by atoms with Gasteiger partial charge in [-0.05, 0) is 56.2 Å². The van der Waals surface area contributed by atoms with Crippen LogP contribution in [0.2, 0.25) is 0 Å². The SMILES string of the molecule is CCOC(=O)c1ccc2c(c1)NC(=O)C2=C(Nc1ccc(C(C)(C)N)c(NS(C)(=O)=O)c1)c1ccccc1. The first-order valence-corrected chi connectivity index (χ1v) is 13.9. The molecule has 0 fully saturated rings. The van der Waals surface area contributed by atoms with Gasteiger partial charge in [-0.2, -0.15) is 0 Å². The van der Waals surface area contributed by atoms with Crippen molar-refractivity contribution in [3.8, 4) is 0 Å². The molecule has 0 aliphatic carbocycles. The van der Waals surface area contributed by atoms with Gasteiger partial charge in [0.25, 0.3) is 5.91 Å². The highest BCUT2D eigenvalue weighted by Gasteiger charge is 2.30. The molecule has 0 spiro atoms. The van der Waals surface area contributed by atoms with Crippen LogP contribution >= 0.6 is 0 Å². The van der Waals surface area contributed by atoms with E-state index in [9.17, 15) is 18.0 Å². The Morgan fingerprint density at radius 3 is 2.37 bits per heavy atom. The monoisotopic (exact) mass is 534 g/mol. The molecule has 0 bridgehead atoms. The van der Waals surface area contributed by atoms with Crippen molar-refractivity contribution in [1.29, 1.82) is 0 Å². The van der Waals surface area contributed by atoms with E-state index >= 15 is 0 Å². The molecular weight excluding hydrogens is 504 g/mol. The standard InChI is InChI=1S/C28H30N4O5S/c1-5-37-27(34)18-11-13-20-22(15-18)31-26(33)24(20)25(17-9-7-6-8-10-17)30-19-12-14-21(28(2,3)29)23(16-19)32-38(4,35)36/h6-16,30,32H,5,29H2,1-4H3,(H,31,33). The number of rotatable bonds is 8. The Bertz CT molecular complexity index is 1540. The summed E-state index contributed by atoms with van der Waals surface area (Å²) in [7, 11) is -3.58. The zero-order valence-corrected chi connectivity index (χ0v) is 22.4. The molecule has 1 heterocycles. The van der Waals surface area contributed by atoms with Crippen LogP contribution in [0.25, 0.3) is 11.3 Å². The minimum absolute atomic E-state index is 0.242. The number of hydrogen-bond acceptors (Lipinski definition) is 7. The minimum Gasteiger partial charge on any atom is -0.462 e. The Labute approximate surface area is 222 Å². The van der Waals surface area contributed by atoms with Crippen LogP contribution in [0.4, 0.5) is 17.1 Å². The quantitative estimate of drug-likeness (QED) is 0.249. The van der Waals surface area contributed by atoms with Gasteiger partial charge < -0.3 is 21.1 Å². The van der Waals surface area contributed by atoms with E-state index in [0.717, 1.165) is 11.8 Å². The van der Waals surface area contributed by atoms with Crippen molar-refractivity contribution in [1.82, 2.24) is 0 Å². The first kappa shape index (κ1) is 26.9. The molecule has 0 atom stereocenters. The van der Waals surface area contributed by atoms with Gasteiger partial charge in [-0.25, -0.2) is 13.2 Å². The van der Waals surface area contributed by atoms with E-state index < -0.39 is 21.5 Å². The summed E-state index contributed by atoms with van der Waals surface area (Å²) in [6.07, 6.45) is 1.07. The average Bonchev–Trinajstić information content (AvgIpc) is 3.16. The summed E-state index contributed by atoms with van der Waals surface area (Å²) in [5.41, 5.74) is 10.0. The van der Waals surface area contributed by atoms with E-state index in [1.165, 1.54) is 0 Å². The van der Waals surface area contributed by atoms with E-state index in [0.29, 0.717) is 45.0 Å². The molecule has 38 heavy (non-hydrogen) atoms. The molecule has 9 nitrogen and oxygen atoms in total. The third-order valence-electron chi connectivity index (χ3n) is 5.87. The molecule has 0 unspecified atom stereocenters. The second-order valence-electron chi connectivity index (χ2n) is 9.53. The van der Waals surface area contributed by atoms with Crippen LogP contribution in [0.15, 0.2) is 66.7 Å². The highest BCUT2D eigenvalue weighted by Crippen LogP contribution is 2.39. The normalized spacial score (nSPS) is 14.4. The topological polar surface area (TPSA) is 140 Å². The fourth-order valence-electron chi connectivity index (χ4n) is 4.26. The maximum absolute atomic E-state index is 13.2. The summed E-state index contributed by atoms with van der Waals surface area (Å²) in [6.45, 7) is 5.53. The maximum Gasteiger partial charge on any atom is 0.338 e. The van der Waals surface area contributed by atoms with Gasteiger partial charge >= 0.3 is 5.97 Å². The number of nitrogens with one attached hydrogen (secondary N) is 3. The number of hydrogen-bond donors (Lipinski definition) is 4. The van der Waals surface area contributed by atoms with Crippen LogP contribution in [0.3, 0.4) is 0 Å². The zero-order valence-electron chi connectivity index (χ0n) is 21.6. The van der Waals surface area contributed by atoms with Crippen LogP contribution in [0.5, 0.6) is 0 Å². The second-order valence-corrected chi connectivity index (χ2v) is 11.3. The van der Waals surface area contributed by atoms with Crippen molar-refractivity contribution in [3.05, 3.63) is 89.0 Å². The van der Waals surface area contributed by atoms with Crippen molar-refractivity contribution in [3.63, 3.8) is 0 Å². The van der Waals surface area contributed by atoms with Gasteiger partial charge in [-0.3, -0.25) is 9.52 Å². The third kappa shape index (κ3) is 5.87. The van der Waals surface area contributed by atoms with E-state index in [-0.39, 0.29) is 12.5 Å². The summed E-state index contributed by atoms with van der Waals surface area (Å²) in [5.74, 6) is -0.821. The Morgan fingerprint density at radius 1 is 1.03 bits per heavy atom. The summed E-state index contributed by atoms with van der Waals surface area (Å²) >= 11 is 0. The molecule has 198 valence electrons. The van der Waals surface area contributed by atoms with Gasteiger partial charge in [0.15, 0.2) is 0 Å². The van der Waals surface area contributed by atoms with Crippen molar-refractivity contribution >= 4 is 50.2 Å². The van der Waals surface area contributed by atoms with Crippen LogP contribution in [0.1, 0.15) is 47.8 Å². The molecule has 0 aromatic heterocycles. The van der Waals surface area contributed by atoms with Gasteiger partial charge in [-0.1, -0.05) is 42.5 Å². The smallest absolute Gasteiger partial charge is 0.338 e. The number of amides is 1. The minimum atomic E-state index is -3.58. The lowest BCUT2D eigenvalue weighted by molar-refractivity contribution is -0.110. The predicted octanol–water partition coefficient (Wildman–Crippen LogP) is 4.36.